The summed E-state index contributed by atoms with van der Waals surface area (Å²) in [6, 6.07) is 3.95. The van der Waals surface area contributed by atoms with Crippen LogP contribution in [0.1, 0.15) is 52.9 Å². The highest BCUT2D eigenvalue weighted by molar-refractivity contribution is 7.91. The average molecular weight is 471 g/mol. The fourth-order valence-electron chi connectivity index (χ4n) is 3.18. The molecule has 0 radical (unpaired) electrons. The van der Waals surface area contributed by atoms with Crippen molar-refractivity contribution >= 4 is 33.2 Å². The molecular formula is C21H31ClN4O4S. The van der Waals surface area contributed by atoms with Crippen LogP contribution in [0.25, 0.3) is 0 Å². The zero-order chi connectivity index (χ0) is 23.6. The van der Waals surface area contributed by atoms with Gasteiger partial charge in [-0.05, 0) is 58.7 Å². The lowest BCUT2D eigenvalue weighted by Gasteiger charge is -2.22. The number of carbonyl (C=O) groups is 1. The van der Waals surface area contributed by atoms with Gasteiger partial charge in [-0.3, -0.25) is 4.68 Å². The van der Waals surface area contributed by atoms with Crippen LogP contribution in [0.3, 0.4) is 0 Å². The second-order valence-corrected chi connectivity index (χ2v) is 10.6. The van der Waals surface area contributed by atoms with Gasteiger partial charge in [0.1, 0.15) is 10.5 Å². The number of sulfone groups is 1. The van der Waals surface area contributed by atoms with Crippen LogP contribution in [0.15, 0.2) is 28.0 Å². The Balaban J connectivity index is 2.41. The molecular weight excluding hydrogens is 440 g/mol. The number of aryl methyl sites for hydroxylation is 1. The molecule has 0 saturated carbocycles. The number of nitrogens with two attached hydrogens (primary N) is 1. The number of carbonyl (C=O) groups excluding carboxylic acids is 1. The maximum Gasteiger partial charge on any atom is 0.407 e. The summed E-state index contributed by atoms with van der Waals surface area (Å²) in [7, 11) is -3.86. The fraction of sp³-hybridized carbons (Fsp3) is 0.524. The molecule has 10 heteroatoms. The normalized spacial score (nSPS) is 13.1. The summed E-state index contributed by atoms with van der Waals surface area (Å²) >= 11 is 6.06. The number of hydrogen-bond donors (Lipinski definition) is 2. The summed E-state index contributed by atoms with van der Waals surface area (Å²) < 4.78 is 33.8. The van der Waals surface area contributed by atoms with E-state index in [9.17, 15) is 13.2 Å². The predicted octanol–water partition coefficient (Wildman–Crippen LogP) is 3.99. The number of nitrogens with zero attached hydrogens (tertiary/aromatic N) is 2. The zero-order valence-electron chi connectivity index (χ0n) is 18.8. The number of ether oxygens (including phenoxy) is 1. The Morgan fingerprint density at radius 2 is 1.94 bits per heavy atom. The van der Waals surface area contributed by atoms with Crippen molar-refractivity contribution in [3.63, 3.8) is 0 Å². The maximum absolute atomic E-state index is 13.4. The highest BCUT2D eigenvalue weighted by Crippen LogP contribution is 2.31. The number of amides is 1. The lowest BCUT2D eigenvalue weighted by Crippen LogP contribution is -2.40. The summed E-state index contributed by atoms with van der Waals surface area (Å²) in [5.74, 6) is 0. The number of anilines is 1. The van der Waals surface area contributed by atoms with E-state index in [2.05, 4.69) is 10.4 Å². The van der Waals surface area contributed by atoms with Crippen molar-refractivity contribution in [3.05, 3.63) is 34.6 Å². The first-order valence-electron chi connectivity index (χ1n) is 10.2. The van der Waals surface area contributed by atoms with E-state index in [1.807, 2.05) is 20.8 Å². The van der Waals surface area contributed by atoms with Crippen LogP contribution in [0.2, 0.25) is 5.02 Å². The standard InChI is InChI=1S/C21H31ClN4O4S/c1-7-17-19(31(28,29)14-9-10-16(23)15(22)11-14)18(8-2)26(25-17)12-13(3)24-20(27)30-21(4,5)6/h9-11,13H,7-8,12,23H2,1-6H3,(H,24,27)/t13-/m0/s1. The quantitative estimate of drug-likeness (QED) is 0.591. The Bertz CT molecular complexity index is 1060. The van der Waals surface area contributed by atoms with E-state index in [1.165, 1.54) is 18.2 Å². The lowest BCUT2D eigenvalue weighted by atomic mass is 10.2. The molecule has 0 saturated heterocycles. The average Bonchev–Trinajstić information content (AvgIpc) is 2.99. The number of nitrogen functional groups attached to an aromatic ring is 1. The van der Waals surface area contributed by atoms with Gasteiger partial charge >= 0.3 is 6.09 Å². The lowest BCUT2D eigenvalue weighted by molar-refractivity contribution is 0.0503. The van der Waals surface area contributed by atoms with Gasteiger partial charge in [0.25, 0.3) is 0 Å². The van der Waals surface area contributed by atoms with E-state index >= 15 is 0 Å². The molecule has 0 aliphatic heterocycles. The van der Waals surface area contributed by atoms with Crippen molar-refractivity contribution in [1.29, 1.82) is 0 Å². The van der Waals surface area contributed by atoms with E-state index in [0.717, 1.165) is 0 Å². The SMILES string of the molecule is CCc1nn(C[C@H](C)NC(=O)OC(C)(C)C)c(CC)c1S(=O)(=O)c1ccc(N)c(Cl)c1. The molecule has 3 N–H and O–H groups in total. The Morgan fingerprint density at radius 1 is 1.29 bits per heavy atom. The van der Waals surface area contributed by atoms with Crippen LogP contribution < -0.4 is 11.1 Å². The van der Waals surface area contributed by atoms with E-state index in [1.54, 1.807) is 25.5 Å². The number of hydrogen-bond acceptors (Lipinski definition) is 6. The van der Waals surface area contributed by atoms with Crippen molar-refractivity contribution < 1.29 is 17.9 Å². The van der Waals surface area contributed by atoms with Crippen LogP contribution in [-0.2, 0) is 34.0 Å². The van der Waals surface area contributed by atoms with Gasteiger partial charge in [-0.15, -0.1) is 0 Å². The Hall–Kier alpha value is -2.26. The van der Waals surface area contributed by atoms with Gasteiger partial charge in [0.05, 0.1) is 33.5 Å². The molecule has 172 valence electrons. The highest BCUT2D eigenvalue weighted by Gasteiger charge is 2.30. The molecule has 8 nitrogen and oxygen atoms in total. The predicted molar refractivity (Wildman–Crippen MR) is 121 cm³/mol. The minimum Gasteiger partial charge on any atom is -0.444 e. The van der Waals surface area contributed by atoms with Gasteiger partial charge in [0.15, 0.2) is 0 Å². The third kappa shape index (κ3) is 5.92. The van der Waals surface area contributed by atoms with Gasteiger partial charge in [0.2, 0.25) is 9.84 Å². The molecule has 2 aromatic rings. The summed E-state index contributed by atoms with van der Waals surface area (Å²) in [5, 5.41) is 7.49. The molecule has 1 aromatic heterocycles. The second kappa shape index (κ2) is 9.48. The third-order valence-corrected chi connectivity index (χ3v) is 6.72. The largest absolute Gasteiger partial charge is 0.444 e. The zero-order valence-corrected chi connectivity index (χ0v) is 20.4. The smallest absolute Gasteiger partial charge is 0.407 e. The Labute approximate surface area is 189 Å². The molecule has 0 bridgehead atoms. The van der Waals surface area contributed by atoms with Gasteiger partial charge in [-0.25, -0.2) is 13.2 Å². The highest BCUT2D eigenvalue weighted by atomic mass is 35.5. The minimum atomic E-state index is -3.86. The van der Waals surface area contributed by atoms with Crippen LogP contribution in [-0.4, -0.2) is 35.9 Å². The first-order valence-corrected chi connectivity index (χ1v) is 12.0. The molecule has 1 amide bonds. The molecule has 2 rings (SSSR count). The monoisotopic (exact) mass is 470 g/mol. The van der Waals surface area contributed by atoms with Gasteiger partial charge in [-0.2, -0.15) is 5.10 Å². The molecule has 0 aliphatic carbocycles. The van der Waals surface area contributed by atoms with Crippen molar-refractivity contribution in [2.75, 3.05) is 5.73 Å². The van der Waals surface area contributed by atoms with Crippen molar-refractivity contribution in [2.24, 2.45) is 0 Å². The number of halogens is 1. The summed E-state index contributed by atoms with van der Waals surface area (Å²) in [4.78, 5) is 12.3. The molecule has 0 fully saturated rings. The van der Waals surface area contributed by atoms with Crippen LogP contribution in [0.4, 0.5) is 10.5 Å². The van der Waals surface area contributed by atoms with Gasteiger partial charge in [-0.1, -0.05) is 25.4 Å². The summed E-state index contributed by atoms with van der Waals surface area (Å²) in [6.45, 7) is 11.2. The van der Waals surface area contributed by atoms with Gasteiger partial charge in [0, 0.05) is 6.04 Å². The van der Waals surface area contributed by atoms with E-state index in [4.69, 9.17) is 22.1 Å². The van der Waals surface area contributed by atoms with Crippen molar-refractivity contribution in [3.8, 4) is 0 Å². The first-order chi connectivity index (χ1) is 14.3. The first kappa shape index (κ1) is 25.0. The van der Waals surface area contributed by atoms with Crippen LogP contribution in [0, 0.1) is 0 Å². The van der Waals surface area contributed by atoms with E-state index in [-0.39, 0.29) is 20.9 Å². The summed E-state index contributed by atoms with van der Waals surface area (Å²) in [5.41, 5.74) is 6.47. The maximum atomic E-state index is 13.4. The Morgan fingerprint density at radius 3 is 2.45 bits per heavy atom. The van der Waals surface area contributed by atoms with Crippen molar-refractivity contribution in [1.82, 2.24) is 15.1 Å². The van der Waals surface area contributed by atoms with Crippen LogP contribution >= 0.6 is 11.6 Å². The third-order valence-electron chi connectivity index (χ3n) is 4.51. The second-order valence-electron chi connectivity index (χ2n) is 8.35. The molecule has 1 aromatic carbocycles. The van der Waals surface area contributed by atoms with Gasteiger partial charge < -0.3 is 15.8 Å². The van der Waals surface area contributed by atoms with E-state index < -0.39 is 21.5 Å². The number of nitrogens with one attached hydrogen (secondary N) is 1. The van der Waals surface area contributed by atoms with E-state index in [0.29, 0.717) is 36.5 Å². The number of rotatable bonds is 7. The topological polar surface area (TPSA) is 116 Å². The fourth-order valence-corrected chi connectivity index (χ4v) is 5.23. The number of aromatic nitrogens is 2. The number of alkyl carbamates (subject to hydrolysis) is 1. The molecule has 0 unspecified atom stereocenters. The van der Waals surface area contributed by atoms with Crippen LogP contribution in [0.5, 0.6) is 0 Å². The van der Waals surface area contributed by atoms with Crippen molar-refractivity contribution in [2.45, 2.75) is 82.4 Å². The molecule has 0 aliphatic rings. The summed E-state index contributed by atoms with van der Waals surface area (Å²) in [6.07, 6.45) is 0.347. The molecule has 0 spiro atoms. The minimum absolute atomic E-state index is 0.0654. The molecule has 31 heavy (non-hydrogen) atoms. The Kier molecular flexibility index (Phi) is 7.65. The number of benzene rings is 1. The molecule has 1 atom stereocenters. The molecule has 1 heterocycles.